The highest BCUT2D eigenvalue weighted by molar-refractivity contribution is 8.00. The number of ether oxygens (including phenoxy) is 2. The predicted octanol–water partition coefficient (Wildman–Crippen LogP) is -0.180. The minimum absolute atomic E-state index is 0.137. The maximum atomic E-state index is 13.0. The molecule has 1 amide bonds. The highest BCUT2D eigenvalue weighted by Gasteiger charge is 2.46. The average molecular weight is 408 g/mol. The van der Waals surface area contributed by atoms with Crippen molar-refractivity contribution < 1.29 is 23.9 Å². The molecule has 1 aromatic heterocycles. The Morgan fingerprint density at radius 1 is 1.11 bits per heavy atom. The Balaban J connectivity index is 1.62. The fourth-order valence-electron chi connectivity index (χ4n) is 3.36. The first-order valence-electron chi connectivity index (χ1n) is 9.02. The quantitative estimate of drug-likeness (QED) is 0.615. The maximum absolute atomic E-state index is 13.0. The molecule has 2 aliphatic rings. The van der Waals surface area contributed by atoms with Gasteiger partial charge in [0.25, 0.3) is 0 Å². The van der Waals surface area contributed by atoms with E-state index in [0.717, 1.165) is 18.9 Å². The third kappa shape index (κ3) is 4.39. The van der Waals surface area contributed by atoms with E-state index in [1.165, 1.54) is 30.9 Å². The number of carbonyl (C=O) groups is 3. The van der Waals surface area contributed by atoms with Crippen LogP contribution in [0.3, 0.4) is 0 Å². The average Bonchev–Trinajstić information content (AvgIpc) is 3.19. The summed E-state index contributed by atoms with van der Waals surface area (Å²) >= 11 is 1.22. The lowest BCUT2D eigenvalue weighted by Gasteiger charge is -2.36. The lowest BCUT2D eigenvalue weighted by atomic mass is 10.2. The van der Waals surface area contributed by atoms with E-state index in [9.17, 15) is 14.4 Å². The molecule has 0 spiro atoms. The van der Waals surface area contributed by atoms with Crippen LogP contribution in [0.5, 0.6) is 0 Å². The van der Waals surface area contributed by atoms with Gasteiger partial charge in [0.2, 0.25) is 5.91 Å². The van der Waals surface area contributed by atoms with Crippen LogP contribution in [0.1, 0.15) is 0 Å². The van der Waals surface area contributed by atoms with Crippen LogP contribution in [0.15, 0.2) is 24.4 Å². The fraction of sp³-hybridized carbons (Fsp3) is 0.556. The van der Waals surface area contributed by atoms with E-state index in [2.05, 4.69) is 9.88 Å². The van der Waals surface area contributed by atoms with Gasteiger partial charge in [0.15, 0.2) is 5.37 Å². The van der Waals surface area contributed by atoms with Crippen LogP contribution >= 0.6 is 11.8 Å². The number of hydrogen-bond acceptors (Lipinski definition) is 9. The maximum Gasteiger partial charge on any atom is 0.339 e. The van der Waals surface area contributed by atoms with Crippen molar-refractivity contribution in [1.82, 2.24) is 14.8 Å². The Labute approximate surface area is 167 Å². The van der Waals surface area contributed by atoms with E-state index in [1.807, 2.05) is 23.1 Å². The minimum Gasteiger partial charge on any atom is -0.467 e. The molecule has 0 aliphatic carbocycles. The molecule has 0 radical (unpaired) electrons. The van der Waals surface area contributed by atoms with E-state index in [-0.39, 0.29) is 12.5 Å². The Morgan fingerprint density at radius 3 is 2.43 bits per heavy atom. The van der Waals surface area contributed by atoms with E-state index >= 15 is 0 Å². The molecular formula is C18H24N4O5S. The lowest BCUT2D eigenvalue weighted by molar-refractivity contribution is -0.157. The van der Waals surface area contributed by atoms with Gasteiger partial charge in [-0.1, -0.05) is 6.07 Å². The molecule has 10 heteroatoms. The molecule has 3 rings (SSSR count). The van der Waals surface area contributed by atoms with Gasteiger partial charge in [0, 0.05) is 38.1 Å². The monoisotopic (exact) mass is 408 g/mol. The molecule has 0 saturated carbocycles. The number of carbonyl (C=O) groups excluding carboxylic acids is 3. The van der Waals surface area contributed by atoms with Gasteiger partial charge in [0.1, 0.15) is 11.9 Å². The molecule has 2 fully saturated rings. The van der Waals surface area contributed by atoms with Gasteiger partial charge < -0.3 is 19.3 Å². The molecule has 28 heavy (non-hydrogen) atoms. The fourth-order valence-corrected chi connectivity index (χ4v) is 4.68. The second kappa shape index (κ2) is 9.24. The van der Waals surface area contributed by atoms with Crippen LogP contribution in [-0.4, -0.2) is 96.7 Å². The number of amides is 1. The first-order valence-corrected chi connectivity index (χ1v) is 10.1. The third-order valence-electron chi connectivity index (χ3n) is 4.87. The van der Waals surface area contributed by atoms with E-state index in [4.69, 9.17) is 9.47 Å². The van der Waals surface area contributed by atoms with E-state index in [0.29, 0.717) is 18.8 Å². The van der Waals surface area contributed by atoms with Crippen molar-refractivity contribution in [3.05, 3.63) is 24.4 Å². The first kappa shape index (κ1) is 20.4. The van der Waals surface area contributed by atoms with Crippen molar-refractivity contribution in [2.45, 2.75) is 11.4 Å². The number of rotatable bonds is 5. The second-order valence-corrected chi connectivity index (χ2v) is 7.61. The smallest absolute Gasteiger partial charge is 0.339 e. The molecule has 2 atom stereocenters. The summed E-state index contributed by atoms with van der Waals surface area (Å²) in [7, 11) is 2.55. The predicted molar refractivity (Wildman–Crippen MR) is 104 cm³/mol. The zero-order chi connectivity index (χ0) is 20.1. The van der Waals surface area contributed by atoms with Crippen molar-refractivity contribution in [1.29, 1.82) is 0 Å². The highest BCUT2D eigenvalue weighted by atomic mass is 32.2. The summed E-state index contributed by atoms with van der Waals surface area (Å²) in [6.07, 6.45) is 1.76. The number of hydrogen-bond donors (Lipinski definition) is 0. The van der Waals surface area contributed by atoms with Gasteiger partial charge in [-0.2, -0.15) is 0 Å². The Kier molecular flexibility index (Phi) is 6.74. The van der Waals surface area contributed by atoms with Crippen LogP contribution in [0.4, 0.5) is 5.82 Å². The van der Waals surface area contributed by atoms with Crippen molar-refractivity contribution >= 4 is 35.4 Å². The molecule has 0 bridgehead atoms. The molecule has 1 aromatic rings. The van der Waals surface area contributed by atoms with Gasteiger partial charge >= 0.3 is 11.9 Å². The number of nitrogens with zero attached hydrogens (tertiary/aromatic N) is 4. The van der Waals surface area contributed by atoms with Gasteiger partial charge in [-0.05, 0) is 12.1 Å². The molecule has 3 heterocycles. The van der Waals surface area contributed by atoms with Crippen LogP contribution in [0.25, 0.3) is 0 Å². The van der Waals surface area contributed by atoms with Crippen molar-refractivity contribution in [2.75, 3.05) is 57.6 Å². The van der Waals surface area contributed by atoms with Crippen LogP contribution in [0, 0.1) is 0 Å². The largest absolute Gasteiger partial charge is 0.467 e. The summed E-state index contributed by atoms with van der Waals surface area (Å²) in [4.78, 5) is 46.9. The summed E-state index contributed by atoms with van der Waals surface area (Å²) in [5.74, 6) is -0.106. The molecule has 0 unspecified atom stereocenters. The minimum atomic E-state index is -0.823. The second-order valence-electron chi connectivity index (χ2n) is 6.50. The standard InChI is InChI=1S/C18H24N4O5S/c1-26-17(24)13-12-28-16(18(25)27-2)22(13)15(23)11-20-7-9-21(10-8-20)14-5-3-4-6-19-14/h3-6,13,16H,7-12H2,1-2H3/t13-,16-/m0/s1. The van der Waals surface area contributed by atoms with E-state index < -0.39 is 23.4 Å². The number of thioether (sulfide) groups is 1. The normalized spacial score (nSPS) is 22.8. The Bertz CT molecular complexity index is 687. The highest BCUT2D eigenvalue weighted by Crippen LogP contribution is 2.31. The summed E-state index contributed by atoms with van der Waals surface area (Å²) < 4.78 is 9.60. The van der Waals surface area contributed by atoms with Gasteiger partial charge in [-0.15, -0.1) is 11.8 Å². The first-order chi connectivity index (χ1) is 13.5. The number of aromatic nitrogens is 1. The number of anilines is 1. The van der Waals surface area contributed by atoms with E-state index in [1.54, 1.807) is 6.20 Å². The van der Waals surface area contributed by atoms with Gasteiger partial charge in [-0.3, -0.25) is 9.69 Å². The molecule has 0 N–H and O–H groups in total. The topological polar surface area (TPSA) is 92.3 Å². The number of esters is 2. The molecule has 0 aromatic carbocycles. The Morgan fingerprint density at radius 2 is 1.82 bits per heavy atom. The van der Waals surface area contributed by atoms with Crippen molar-refractivity contribution in [3.8, 4) is 0 Å². The summed E-state index contributed by atoms with van der Waals surface area (Å²) in [6.45, 7) is 3.02. The molecule has 9 nitrogen and oxygen atoms in total. The number of methoxy groups -OCH3 is 2. The molecule has 2 aliphatic heterocycles. The van der Waals surface area contributed by atoms with Gasteiger partial charge in [0.05, 0.1) is 20.8 Å². The molecule has 2 saturated heterocycles. The molecular weight excluding hydrogens is 384 g/mol. The number of piperazine rings is 1. The zero-order valence-corrected chi connectivity index (χ0v) is 16.8. The molecule has 152 valence electrons. The summed E-state index contributed by atoms with van der Waals surface area (Å²) in [5.41, 5.74) is 0. The van der Waals surface area contributed by atoms with Crippen molar-refractivity contribution in [3.63, 3.8) is 0 Å². The zero-order valence-electron chi connectivity index (χ0n) is 15.9. The lowest BCUT2D eigenvalue weighted by Crippen LogP contribution is -2.54. The SMILES string of the molecule is COC(=O)[C@@H]1CS[C@@H](C(=O)OC)N1C(=O)CN1CCN(c2ccccn2)CC1. The van der Waals surface area contributed by atoms with Crippen LogP contribution < -0.4 is 4.90 Å². The summed E-state index contributed by atoms with van der Waals surface area (Å²) in [5, 5.41) is -0.823. The summed E-state index contributed by atoms with van der Waals surface area (Å²) in [6, 6.07) is 5.01. The third-order valence-corrected chi connectivity index (χ3v) is 6.11. The van der Waals surface area contributed by atoms with Gasteiger partial charge in [-0.25, -0.2) is 14.6 Å². The number of pyridine rings is 1. The Hall–Kier alpha value is -2.33. The van der Waals surface area contributed by atoms with Crippen LogP contribution in [0.2, 0.25) is 0 Å². The van der Waals surface area contributed by atoms with Crippen LogP contribution in [-0.2, 0) is 23.9 Å². The van der Waals surface area contributed by atoms with Crippen molar-refractivity contribution in [2.24, 2.45) is 0 Å².